The molecule has 11 heavy (non-hydrogen) atoms. The molecule has 54 valence electrons. The second kappa shape index (κ2) is 2.00. The molecule has 0 atom stereocenters. The van der Waals surface area contributed by atoms with Crippen molar-refractivity contribution in [2.24, 2.45) is 0 Å². The second-order valence-corrected chi connectivity index (χ2v) is 2.79. The van der Waals surface area contributed by atoms with E-state index in [1.165, 1.54) is 5.57 Å². The van der Waals surface area contributed by atoms with Gasteiger partial charge in [0.1, 0.15) is 5.82 Å². The van der Waals surface area contributed by atoms with E-state index in [1.54, 1.807) is 0 Å². The van der Waals surface area contributed by atoms with E-state index in [9.17, 15) is 0 Å². The lowest BCUT2D eigenvalue weighted by molar-refractivity contribution is 1.18. The van der Waals surface area contributed by atoms with E-state index in [1.807, 2.05) is 0 Å². The quantitative estimate of drug-likeness (QED) is 0.594. The number of hydrogen-bond acceptors (Lipinski definition) is 2. The minimum absolute atomic E-state index is 0.565. The van der Waals surface area contributed by atoms with Gasteiger partial charge in [-0.05, 0) is 13.0 Å². The fourth-order valence-corrected chi connectivity index (χ4v) is 1.31. The number of aromatic nitrogens is 1. The molecule has 1 aliphatic rings. The van der Waals surface area contributed by atoms with Crippen LogP contribution in [0.5, 0.6) is 0 Å². The summed E-state index contributed by atoms with van der Waals surface area (Å²) in [5.41, 5.74) is 9.09. The van der Waals surface area contributed by atoms with Gasteiger partial charge in [0.2, 0.25) is 0 Å². The van der Waals surface area contributed by atoms with Crippen molar-refractivity contribution in [3.05, 3.63) is 29.0 Å². The molecular weight excluding hydrogens is 136 g/mol. The summed E-state index contributed by atoms with van der Waals surface area (Å²) < 4.78 is 0. The summed E-state index contributed by atoms with van der Waals surface area (Å²) >= 11 is 0. The van der Waals surface area contributed by atoms with Crippen LogP contribution in [0.15, 0.2) is 5.57 Å². The maximum absolute atomic E-state index is 5.63. The molecule has 2 heteroatoms. The molecule has 0 spiro atoms. The van der Waals surface area contributed by atoms with Crippen molar-refractivity contribution in [1.29, 1.82) is 0 Å². The number of allylic oxidation sites excluding steroid dienone is 1. The molecule has 0 bridgehead atoms. The van der Waals surface area contributed by atoms with Crippen molar-refractivity contribution in [1.82, 2.24) is 4.98 Å². The van der Waals surface area contributed by atoms with E-state index in [-0.39, 0.29) is 0 Å². The van der Waals surface area contributed by atoms with Crippen LogP contribution in [0.1, 0.15) is 18.1 Å². The van der Waals surface area contributed by atoms with E-state index < -0.39 is 0 Å². The first-order valence-corrected chi connectivity index (χ1v) is 3.52. The van der Waals surface area contributed by atoms with Crippen LogP contribution in [0.4, 0.5) is 5.82 Å². The van der Waals surface area contributed by atoms with E-state index in [4.69, 9.17) is 5.73 Å². The monoisotopic (exact) mass is 144 g/mol. The van der Waals surface area contributed by atoms with Crippen molar-refractivity contribution in [2.45, 2.75) is 13.3 Å². The molecule has 0 radical (unpaired) electrons. The van der Waals surface area contributed by atoms with Crippen LogP contribution in [0.25, 0.3) is 6.08 Å². The third-order valence-electron chi connectivity index (χ3n) is 1.83. The van der Waals surface area contributed by atoms with Gasteiger partial charge in [0.05, 0.1) is 0 Å². The molecule has 2 rings (SSSR count). The number of hydrogen-bond donors (Lipinski definition) is 1. The lowest BCUT2D eigenvalue weighted by Gasteiger charge is -1.94. The first-order chi connectivity index (χ1) is 5.27. The van der Waals surface area contributed by atoms with Gasteiger partial charge in [0.15, 0.2) is 0 Å². The van der Waals surface area contributed by atoms with Crippen molar-refractivity contribution < 1.29 is 0 Å². The van der Waals surface area contributed by atoms with Crippen LogP contribution in [-0.2, 0) is 6.42 Å². The van der Waals surface area contributed by atoms with Gasteiger partial charge < -0.3 is 5.73 Å². The molecule has 0 fully saturated rings. The number of nitrogens with zero attached hydrogens (tertiary/aromatic N) is 1. The van der Waals surface area contributed by atoms with Crippen molar-refractivity contribution in [2.75, 3.05) is 5.73 Å². The zero-order valence-corrected chi connectivity index (χ0v) is 6.31. The van der Waals surface area contributed by atoms with Crippen molar-refractivity contribution in [3.63, 3.8) is 0 Å². The summed E-state index contributed by atoms with van der Waals surface area (Å²) in [6, 6.07) is 2.95. The average molecular weight is 144 g/mol. The molecule has 0 aliphatic heterocycles. The fourth-order valence-electron chi connectivity index (χ4n) is 1.31. The topological polar surface area (TPSA) is 38.9 Å². The van der Waals surface area contributed by atoms with E-state index in [2.05, 4.69) is 30.2 Å². The van der Waals surface area contributed by atoms with Gasteiger partial charge in [0, 0.05) is 23.7 Å². The molecule has 0 saturated carbocycles. The third-order valence-corrected chi connectivity index (χ3v) is 1.83. The molecule has 0 unspecified atom stereocenters. The Morgan fingerprint density at radius 3 is 3.18 bits per heavy atom. The minimum Gasteiger partial charge on any atom is -0.383 e. The Morgan fingerprint density at radius 1 is 1.64 bits per heavy atom. The molecule has 0 saturated heterocycles. The Kier molecular flexibility index (Phi) is 1.13. The van der Waals surface area contributed by atoms with Gasteiger partial charge in [-0.15, -0.1) is 0 Å². The maximum atomic E-state index is 5.63. The average Bonchev–Trinajstić information content (AvgIpc) is 2.31. The molecular formula is C9H8N2. The lowest BCUT2D eigenvalue weighted by atomic mass is 10.2. The fraction of sp³-hybridized carbons (Fsp3) is 0.222. The predicted molar refractivity (Wildman–Crippen MR) is 43.7 cm³/mol. The van der Waals surface area contributed by atoms with Crippen molar-refractivity contribution >= 4 is 11.9 Å². The van der Waals surface area contributed by atoms with E-state index >= 15 is 0 Å². The van der Waals surface area contributed by atoms with Crippen LogP contribution in [0, 0.1) is 12.3 Å². The SMILES string of the molecule is CC1=Cc2c(c#cnc2N)C1. The zero-order valence-electron chi connectivity index (χ0n) is 6.31. The smallest absolute Gasteiger partial charge is 0.142 e. The maximum Gasteiger partial charge on any atom is 0.142 e. The highest BCUT2D eigenvalue weighted by Crippen LogP contribution is 2.25. The summed E-state index contributed by atoms with van der Waals surface area (Å²) in [6.45, 7) is 2.08. The normalized spacial score (nSPS) is 13.7. The molecule has 0 aromatic carbocycles. The van der Waals surface area contributed by atoms with Crippen LogP contribution in [-0.4, -0.2) is 4.98 Å². The molecule has 1 aromatic rings. The number of anilines is 1. The van der Waals surface area contributed by atoms with Gasteiger partial charge in [0.25, 0.3) is 0 Å². The standard InChI is InChI=1S/C9H8N2/c1-6-4-7-2-3-11-9(10)8(7)5-6/h5H,4H2,1H3,(H2,10,11). The molecule has 1 heterocycles. The largest absolute Gasteiger partial charge is 0.383 e. The van der Waals surface area contributed by atoms with E-state index in [0.717, 1.165) is 17.5 Å². The Labute approximate surface area is 65.8 Å². The molecule has 2 nitrogen and oxygen atoms in total. The Hall–Kier alpha value is -1.49. The number of nitrogens with two attached hydrogens (primary N) is 1. The minimum atomic E-state index is 0.565. The summed E-state index contributed by atoms with van der Waals surface area (Å²) in [7, 11) is 0. The number of fused-ring (bicyclic) bond motifs is 1. The van der Waals surface area contributed by atoms with Gasteiger partial charge in [-0.25, -0.2) is 0 Å². The highest BCUT2D eigenvalue weighted by atomic mass is 14.8. The summed E-state index contributed by atoms with van der Waals surface area (Å²) in [6.07, 6.45) is 5.65. The zero-order chi connectivity index (χ0) is 7.84. The summed E-state index contributed by atoms with van der Waals surface area (Å²) in [5.74, 6) is 0.565. The molecule has 1 aromatic heterocycles. The number of nitrogen functional groups attached to an aromatic ring is 1. The Morgan fingerprint density at radius 2 is 2.45 bits per heavy atom. The highest BCUT2D eigenvalue weighted by Gasteiger charge is 2.11. The second-order valence-electron chi connectivity index (χ2n) is 2.79. The summed E-state index contributed by atoms with van der Waals surface area (Å²) in [4.78, 5) is 3.84. The molecule has 0 amide bonds. The Bertz CT molecular complexity index is 326. The van der Waals surface area contributed by atoms with E-state index in [0.29, 0.717) is 5.82 Å². The van der Waals surface area contributed by atoms with Crippen LogP contribution >= 0.6 is 0 Å². The molecule has 2 N–H and O–H groups in total. The van der Waals surface area contributed by atoms with Crippen LogP contribution < -0.4 is 5.73 Å². The van der Waals surface area contributed by atoms with Crippen molar-refractivity contribution in [3.8, 4) is 0 Å². The van der Waals surface area contributed by atoms with Gasteiger partial charge in [-0.3, -0.25) is 0 Å². The first-order valence-electron chi connectivity index (χ1n) is 3.52. The number of rotatable bonds is 0. The van der Waals surface area contributed by atoms with Gasteiger partial charge in [-0.1, -0.05) is 11.6 Å². The van der Waals surface area contributed by atoms with Gasteiger partial charge in [-0.2, -0.15) is 4.98 Å². The van der Waals surface area contributed by atoms with Gasteiger partial charge >= 0.3 is 0 Å². The summed E-state index contributed by atoms with van der Waals surface area (Å²) in [5, 5.41) is 0. The third kappa shape index (κ3) is 0.857. The Balaban J connectivity index is 2.61. The first kappa shape index (κ1) is 6.23. The van der Waals surface area contributed by atoms with Crippen LogP contribution in [0.3, 0.4) is 0 Å². The predicted octanol–water partition coefficient (Wildman–Crippen LogP) is 1.22. The highest BCUT2D eigenvalue weighted by molar-refractivity contribution is 5.70. The molecule has 1 aliphatic carbocycles. The van der Waals surface area contributed by atoms with Crippen LogP contribution in [0.2, 0.25) is 0 Å². The lowest BCUT2D eigenvalue weighted by Crippen LogP contribution is -1.93.